The van der Waals surface area contributed by atoms with Crippen molar-refractivity contribution in [3.63, 3.8) is 0 Å². The van der Waals surface area contributed by atoms with Crippen LogP contribution in [0, 0.1) is 13.8 Å². The topological polar surface area (TPSA) is 59.4 Å². The first kappa shape index (κ1) is 23.9. The highest BCUT2D eigenvalue weighted by Crippen LogP contribution is 2.19. The van der Waals surface area contributed by atoms with Crippen LogP contribution < -0.4 is 5.32 Å². The summed E-state index contributed by atoms with van der Waals surface area (Å²) in [6.07, 6.45) is 3.97. The molecule has 2 aromatic carbocycles. The van der Waals surface area contributed by atoms with Crippen LogP contribution >= 0.6 is 0 Å². The van der Waals surface area contributed by atoms with Gasteiger partial charge in [-0.1, -0.05) is 42.5 Å². The number of morpholine rings is 1. The van der Waals surface area contributed by atoms with Gasteiger partial charge in [0, 0.05) is 43.5 Å². The summed E-state index contributed by atoms with van der Waals surface area (Å²) in [6, 6.07) is 18.5. The molecule has 3 aromatic rings. The first-order valence-corrected chi connectivity index (χ1v) is 11.9. The monoisotopic (exact) mass is 458 g/mol. The molecule has 0 saturated carbocycles. The van der Waals surface area contributed by atoms with Crippen molar-refractivity contribution < 1.29 is 9.53 Å². The highest BCUT2D eigenvalue weighted by atomic mass is 16.5. The maximum atomic E-state index is 12.4. The third kappa shape index (κ3) is 6.01. The first-order valence-electron chi connectivity index (χ1n) is 11.9. The number of aromatic nitrogens is 2. The van der Waals surface area contributed by atoms with E-state index in [1.165, 1.54) is 5.56 Å². The van der Waals surface area contributed by atoms with Gasteiger partial charge in [-0.2, -0.15) is 5.10 Å². The molecule has 1 aliphatic rings. The van der Waals surface area contributed by atoms with E-state index in [4.69, 9.17) is 4.74 Å². The normalized spacial score (nSPS) is 18.9. The predicted octanol–water partition coefficient (Wildman–Crippen LogP) is 4.43. The largest absolute Gasteiger partial charge is 0.373 e. The molecule has 4 rings (SSSR count). The van der Waals surface area contributed by atoms with Gasteiger partial charge in [0.25, 0.3) is 0 Å². The van der Waals surface area contributed by atoms with E-state index in [9.17, 15) is 4.79 Å². The molecule has 1 fully saturated rings. The molecule has 6 nitrogen and oxygen atoms in total. The summed E-state index contributed by atoms with van der Waals surface area (Å²) in [7, 11) is 0. The lowest BCUT2D eigenvalue weighted by molar-refractivity contribution is -0.116. The summed E-state index contributed by atoms with van der Waals surface area (Å²) in [5, 5.41) is 7.61. The van der Waals surface area contributed by atoms with E-state index in [0.29, 0.717) is 6.54 Å². The van der Waals surface area contributed by atoms with E-state index < -0.39 is 0 Å². The van der Waals surface area contributed by atoms with Gasteiger partial charge in [0.15, 0.2) is 0 Å². The number of hydrogen-bond acceptors (Lipinski definition) is 4. The van der Waals surface area contributed by atoms with Crippen LogP contribution in [0.5, 0.6) is 0 Å². The summed E-state index contributed by atoms with van der Waals surface area (Å²) >= 11 is 0. The van der Waals surface area contributed by atoms with E-state index >= 15 is 0 Å². The second kappa shape index (κ2) is 10.8. The number of carbonyl (C=O) groups excluding carboxylic acids is 1. The molecular weight excluding hydrogens is 424 g/mol. The zero-order chi connectivity index (χ0) is 24.1. The Morgan fingerprint density at radius 2 is 1.68 bits per heavy atom. The van der Waals surface area contributed by atoms with Gasteiger partial charge in [-0.25, -0.2) is 4.68 Å². The highest BCUT2D eigenvalue weighted by Gasteiger charge is 2.21. The second-order valence-electron chi connectivity index (χ2n) is 9.15. The average Bonchev–Trinajstić information content (AvgIpc) is 3.10. The van der Waals surface area contributed by atoms with Crippen LogP contribution in [-0.2, 0) is 22.6 Å². The molecule has 34 heavy (non-hydrogen) atoms. The molecular formula is C28H34N4O2. The Morgan fingerprint density at radius 1 is 1.03 bits per heavy atom. The number of ether oxygens (including phenoxy) is 1. The minimum atomic E-state index is -0.119. The van der Waals surface area contributed by atoms with Gasteiger partial charge in [-0.15, -0.1) is 0 Å². The molecule has 0 aliphatic carbocycles. The van der Waals surface area contributed by atoms with Crippen LogP contribution in [0.15, 0.2) is 60.7 Å². The number of nitrogens with one attached hydrogen (secondary N) is 1. The van der Waals surface area contributed by atoms with Crippen molar-refractivity contribution in [2.45, 2.75) is 53.0 Å². The molecule has 1 saturated heterocycles. The van der Waals surface area contributed by atoms with Crippen LogP contribution in [-0.4, -0.2) is 45.9 Å². The van der Waals surface area contributed by atoms with Crippen molar-refractivity contribution in [3.05, 3.63) is 88.8 Å². The molecule has 1 aliphatic heterocycles. The second-order valence-corrected chi connectivity index (χ2v) is 9.15. The van der Waals surface area contributed by atoms with Gasteiger partial charge in [0.2, 0.25) is 5.91 Å². The molecule has 2 atom stereocenters. The van der Waals surface area contributed by atoms with E-state index in [1.807, 2.05) is 54.9 Å². The van der Waals surface area contributed by atoms with E-state index in [-0.39, 0.29) is 18.1 Å². The number of hydrogen-bond donors (Lipinski definition) is 1. The van der Waals surface area contributed by atoms with E-state index in [2.05, 4.69) is 53.4 Å². The Balaban J connectivity index is 1.31. The van der Waals surface area contributed by atoms with Crippen LogP contribution in [0.2, 0.25) is 0 Å². The summed E-state index contributed by atoms with van der Waals surface area (Å²) < 4.78 is 7.73. The van der Waals surface area contributed by atoms with Crippen molar-refractivity contribution in [3.8, 4) is 5.69 Å². The standard InChI is InChI=1S/C28H34N4O2/c1-20-17-31(18-21(2)34-20)19-25-12-10-24(11-13-25)16-29-28(33)15-14-27-22(3)30-32(23(27)4)26-8-6-5-7-9-26/h5-15,20-21H,16-19H2,1-4H3,(H,29,33)/b15-14+. The Labute approximate surface area is 202 Å². The number of benzene rings is 2. The van der Waals surface area contributed by atoms with Crippen LogP contribution in [0.25, 0.3) is 11.8 Å². The number of para-hydroxylation sites is 1. The fourth-order valence-electron chi connectivity index (χ4n) is 4.56. The minimum absolute atomic E-state index is 0.119. The number of nitrogens with zero attached hydrogens (tertiary/aromatic N) is 3. The Kier molecular flexibility index (Phi) is 7.60. The molecule has 1 amide bonds. The zero-order valence-corrected chi connectivity index (χ0v) is 20.5. The van der Waals surface area contributed by atoms with Gasteiger partial charge < -0.3 is 10.1 Å². The van der Waals surface area contributed by atoms with Gasteiger partial charge >= 0.3 is 0 Å². The van der Waals surface area contributed by atoms with Crippen molar-refractivity contribution in [2.75, 3.05) is 13.1 Å². The maximum absolute atomic E-state index is 12.4. The van der Waals surface area contributed by atoms with Crippen LogP contribution in [0.1, 0.15) is 41.9 Å². The smallest absolute Gasteiger partial charge is 0.244 e. The Bertz CT molecular complexity index is 1130. The molecule has 1 aromatic heterocycles. The maximum Gasteiger partial charge on any atom is 0.244 e. The van der Waals surface area contributed by atoms with Crippen molar-refractivity contribution >= 4 is 12.0 Å². The zero-order valence-electron chi connectivity index (χ0n) is 20.5. The van der Waals surface area contributed by atoms with Crippen LogP contribution in [0.4, 0.5) is 0 Å². The summed E-state index contributed by atoms with van der Waals surface area (Å²) in [4.78, 5) is 14.9. The van der Waals surface area contributed by atoms with Crippen molar-refractivity contribution in [2.24, 2.45) is 0 Å². The van der Waals surface area contributed by atoms with Gasteiger partial charge in [0.05, 0.1) is 23.6 Å². The fourth-order valence-corrected chi connectivity index (χ4v) is 4.56. The fraction of sp³-hybridized carbons (Fsp3) is 0.357. The quantitative estimate of drug-likeness (QED) is 0.532. The molecule has 6 heteroatoms. The molecule has 0 bridgehead atoms. The van der Waals surface area contributed by atoms with E-state index in [1.54, 1.807) is 6.08 Å². The van der Waals surface area contributed by atoms with Crippen molar-refractivity contribution in [1.29, 1.82) is 0 Å². The predicted molar refractivity (Wildman–Crippen MR) is 136 cm³/mol. The van der Waals surface area contributed by atoms with Gasteiger partial charge in [-0.05, 0) is 57.0 Å². The lowest BCUT2D eigenvalue weighted by Gasteiger charge is -2.35. The molecule has 178 valence electrons. The lowest BCUT2D eigenvalue weighted by Crippen LogP contribution is -2.44. The summed E-state index contributed by atoms with van der Waals surface area (Å²) in [5.41, 5.74) is 6.23. The third-order valence-corrected chi connectivity index (χ3v) is 6.14. The van der Waals surface area contributed by atoms with Crippen molar-refractivity contribution in [1.82, 2.24) is 20.0 Å². The Hall–Kier alpha value is -3.22. The molecule has 2 heterocycles. The number of carbonyl (C=O) groups is 1. The summed E-state index contributed by atoms with van der Waals surface area (Å²) in [6.45, 7) is 11.6. The van der Waals surface area contributed by atoms with Gasteiger partial charge in [0.1, 0.15) is 0 Å². The third-order valence-electron chi connectivity index (χ3n) is 6.14. The SMILES string of the molecule is Cc1nn(-c2ccccc2)c(C)c1/C=C/C(=O)NCc1ccc(CN2CC(C)OC(C)C2)cc1. The number of amides is 1. The average molecular weight is 459 g/mol. The lowest BCUT2D eigenvalue weighted by atomic mass is 10.1. The van der Waals surface area contributed by atoms with Gasteiger partial charge in [-0.3, -0.25) is 9.69 Å². The van der Waals surface area contributed by atoms with E-state index in [0.717, 1.165) is 47.8 Å². The summed E-state index contributed by atoms with van der Waals surface area (Å²) in [5.74, 6) is -0.119. The molecule has 1 N–H and O–H groups in total. The Morgan fingerprint density at radius 3 is 2.35 bits per heavy atom. The number of rotatable bonds is 7. The highest BCUT2D eigenvalue weighted by molar-refractivity contribution is 5.92. The van der Waals surface area contributed by atoms with Crippen LogP contribution in [0.3, 0.4) is 0 Å². The minimum Gasteiger partial charge on any atom is -0.373 e. The first-order chi connectivity index (χ1) is 16.4. The molecule has 0 spiro atoms. The molecule has 2 unspecified atom stereocenters. The molecule has 0 radical (unpaired) electrons. The number of aryl methyl sites for hydroxylation is 1.